The molecule has 0 radical (unpaired) electrons. The molecule has 0 amide bonds. The molecule has 0 aliphatic carbocycles. The van der Waals surface area contributed by atoms with Gasteiger partial charge < -0.3 is 15.2 Å². The molecule has 0 aliphatic heterocycles. The van der Waals surface area contributed by atoms with Gasteiger partial charge in [-0.2, -0.15) is 4.99 Å². The summed E-state index contributed by atoms with van der Waals surface area (Å²) in [5, 5.41) is 0. The number of nitrogens with two attached hydrogens (primary N) is 1. The van der Waals surface area contributed by atoms with E-state index in [0.29, 0.717) is 0 Å². The molecule has 4 heteroatoms. The molecule has 0 saturated carbocycles. The molecule has 0 spiro atoms. The van der Waals surface area contributed by atoms with Gasteiger partial charge in [-0.3, -0.25) is 0 Å². The van der Waals surface area contributed by atoms with E-state index in [1.54, 1.807) is 6.92 Å². The van der Waals surface area contributed by atoms with E-state index in [0.717, 1.165) is 0 Å². The zero-order valence-corrected chi connectivity index (χ0v) is 5.92. The van der Waals surface area contributed by atoms with Gasteiger partial charge in [-0.25, -0.2) is 0 Å². The van der Waals surface area contributed by atoms with Crippen molar-refractivity contribution in [3.63, 3.8) is 0 Å². The van der Waals surface area contributed by atoms with Gasteiger partial charge in [0.05, 0.1) is 14.2 Å². The fraction of sp³-hybridized carbons (Fsp3) is 0.800. The van der Waals surface area contributed by atoms with Crippen molar-refractivity contribution in [2.24, 2.45) is 10.7 Å². The minimum atomic E-state index is -0.278. The minimum Gasteiger partial charge on any atom is -0.454 e. The second kappa shape index (κ2) is 4.14. The first-order valence-corrected chi connectivity index (χ1v) is 2.62. The lowest BCUT2D eigenvalue weighted by molar-refractivity contribution is 0.238. The van der Waals surface area contributed by atoms with E-state index in [-0.39, 0.29) is 12.2 Å². The van der Waals surface area contributed by atoms with Crippen molar-refractivity contribution in [2.45, 2.75) is 13.1 Å². The number of aliphatic imine (C=N–C) groups is 1. The molecule has 4 nitrogen and oxygen atoms in total. The van der Waals surface area contributed by atoms with Gasteiger partial charge in [0.25, 0.3) is 0 Å². The molecule has 0 bridgehead atoms. The van der Waals surface area contributed by atoms with Gasteiger partial charge in [-0.15, -0.1) is 0 Å². The van der Waals surface area contributed by atoms with E-state index in [9.17, 15) is 0 Å². The second-order valence-corrected chi connectivity index (χ2v) is 1.54. The van der Waals surface area contributed by atoms with Gasteiger partial charge >= 0.3 is 6.08 Å². The third-order valence-corrected chi connectivity index (χ3v) is 0.658. The van der Waals surface area contributed by atoms with Crippen molar-refractivity contribution in [3.05, 3.63) is 0 Å². The molecule has 9 heavy (non-hydrogen) atoms. The quantitative estimate of drug-likeness (QED) is 0.401. The van der Waals surface area contributed by atoms with E-state index in [4.69, 9.17) is 5.73 Å². The predicted molar refractivity (Wildman–Crippen MR) is 35.1 cm³/mol. The highest BCUT2D eigenvalue weighted by molar-refractivity contribution is 5.66. The molecule has 0 rings (SSSR count). The van der Waals surface area contributed by atoms with Crippen LogP contribution in [0.1, 0.15) is 6.92 Å². The maximum atomic E-state index is 5.30. The zero-order valence-electron chi connectivity index (χ0n) is 5.92. The number of rotatable bonds is 1. The van der Waals surface area contributed by atoms with Crippen LogP contribution >= 0.6 is 0 Å². The van der Waals surface area contributed by atoms with Gasteiger partial charge in [0, 0.05) is 0 Å². The number of ether oxygens (including phenoxy) is 2. The third-order valence-electron chi connectivity index (χ3n) is 0.658. The van der Waals surface area contributed by atoms with Gasteiger partial charge in [0.15, 0.2) is 0 Å². The summed E-state index contributed by atoms with van der Waals surface area (Å²) in [4.78, 5) is 3.76. The largest absolute Gasteiger partial charge is 0.454 e. The normalized spacial score (nSPS) is 12.0. The number of methoxy groups -OCH3 is 2. The lowest BCUT2D eigenvalue weighted by Crippen LogP contribution is -2.16. The summed E-state index contributed by atoms with van der Waals surface area (Å²) in [6.07, 6.45) is -0.0649. The van der Waals surface area contributed by atoms with Gasteiger partial charge in [-0.1, -0.05) is 0 Å². The third kappa shape index (κ3) is 3.78. The zero-order chi connectivity index (χ0) is 7.28. The molecule has 54 valence electrons. The Morgan fingerprint density at radius 1 is 1.44 bits per heavy atom. The van der Waals surface area contributed by atoms with Crippen molar-refractivity contribution in [1.82, 2.24) is 0 Å². The molecular weight excluding hydrogens is 120 g/mol. The topological polar surface area (TPSA) is 56.8 Å². The molecule has 0 aromatic carbocycles. The fourth-order valence-corrected chi connectivity index (χ4v) is 0.355. The van der Waals surface area contributed by atoms with E-state index in [1.165, 1.54) is 14.2 Å². The maximum absolute atomic E-state index is 5.30. The Kier molecular flexibility index (Phi) is 3.79. The first kappa shape index (κ1) is 8.23. The van der Waals surface area contributed by atoms with Crippen LogP contribution in [0.2, 0.25) is 0 Å². The molecular formula is C5H12N2O2. The summed E-state index contributed by atoms with van der Waals surface area (Å²) < 4.78 is 9.32. The summed E-state index contributed by atoms with van der Waals surface area (Å²) in [6.45, 7) is 1.73. The molecule has 0 heterocycles. The molecule has 0 saturated heterocycles. The van der Waals surface area contributed by atoms with E-state index >= 15 is 0 Å². The Balaban J connectivity index is 3.75. The second-order valence-electron chi connectivity index (χ2n) is 1.54. The number of hydrogen-bond donors (Lipinski definition) is 1. The Morgan fingerprint density at radius 2 is 1.89 bits per heavy atom. The Morgan fingerprint density at radius 3 is 2.00 bits per heavy atom. The van der Waals surface area contributed by atoms with E-state index in [2.05, 4.69) is 14.5 Å². The SMILES string of the molecule is COC(=NC(C)N)OC. The smallest absolute Gasteiger partial charge is 0.384 e. The molecule has 0 aromatic rings. The van der Waals surface area contributed by atoms with Crippen molar-refractivity contribution in [2.75, 3.05) is 14.2 Å². The highest BCUT2D eigenvalue weighted by Crippen LogP contribution is 1.83. The van der Waals surface area contributed by atoms with Crippen LogP contribution in [0.5, 0.6) is 0 Å². The van der Waals surface area contributed by atoms with Crippen LogP contribution < -0.4 is 5.73 Å². The molecule has 0 fully saturated rings. The fourth-order valence-electron chi connectivity index (χ4n) is 0.355. The number of hydrogen-bond acceptors (Lipinski definition) is 4. The molecule has 2 N–H and O–H groups in total. The van der Waals surface area contributed by atoms with E-state index in [1.807, 2.05) is 0 Å². The summed E-state index contributed by atoms with van der Waals surface area (Å²) in [5.41, 5.74) is 5.30. The van der Waals surface area contributed by atoms with Crippen LogP contribution in [0, 0.1) is 0 Å². The van der Waals surface area contributed by atoms with Crippen molar-refractivity contribution >= 4 is 6.08 Å². The Hall–Kier alpha value is -0.770. The van der Waals surface area contributed by atoms with Gasteiger partial charge in [0.1, 0.15) is 6.17 Å². The minimum absolute atomic E-state index is 0.213. The summed E-state index contributed by atoms with van der Waals surface area (Å²) in [6, 6.07) is 0. The molecule has 0 aliphatic rings. The van der Waals surface area contributed by atoms with Crippen LogP contribution in [-0.2, 0) is 9.47 Å². The van der Waals surface area contributed by atoms with Gasteiger partial charge in [0.2, 0.25) is 0 Å². The lowest BCUT2D eigenvalue weighted by Gasteiger charge is -2.02. The number of nitrogens with zero attached hydrogens (tertiary/aromatic N) is 1. The van der Waals surface area contributed by atoms with Crippen molar-refractivity contribution < 1.29 is 9.47 Å². The van der Waals surface area contributed by atoms with E-state index < -0.39 is 0 Å². The first-order valence-electron chi connectivity index (χ1n) is 2.62. The predicted octanol–water partition coefficient (Wildman–Crippen LogP) is -0.0601. The van der Waals surface area contributed by atoms with Gasteiger partial charge in [-0.05, 0) is 6.92 Å². The van der Waals surface area contributed by atoms with Crippen LogP contribution in [0.4, 0.5) is 0 Å². The van der Waals surface area contributed by atoms with Crippen LogP contribution in [0.3, 0.4) is 0 Å². The standard InChI is InChI=1S/C5H12N2O2/c1-4(6)7-5(8-2)9-3/h4H,6H2,1-3H3. The molecule has 1 atom stereocenters. The lowest BCUT2D eigenvalue weighted by atomic mass is 10.6. The molecule has 0 aromatic heterocycles. The Labute approximate surface area is 54.7 Å². The maximum Gasteiger partial charge on any atom is 0.384 e. The van der Waals surface area contributed by atoms with Crippen LogP contribution in [0.15, 0.2) is 4.99 Å². The average molecular weight is 132 g/mol. The summed E-state index contributed by atoms with van der Waals surface area (Å²) in [7, 11) is 2.95. The summed E-state index contributed by atoms with van der Waals surface area (Å²) in [5.74, 6) is 0. The van der Waals surface area contributed by atoms with Crippen molar-refractivity contribution in [1.29, 1.82) is 0 Å². The molecule has 1 unspecified atom stereocenters. The monoisotopic (exact) mass is 132 g/mol. The van der Waals surface area contributed by atoms with Crippen LogP contribution in [0.25, 0.3) is 0 Å². The highest BCUT2D eigenvalue weighted by Gasteiger charge is 1.95. The Bertz CT molecular complexity index is 95.1. The van der Waals surface area contributed by atoms with Crippen LogP contribution in [-0.4, -0.2) is 26.5 Å². The average Bonchev–Trinajstić information content (AvgIpc) is 1.82. The summed E-state index contributed by atoms with van der Waals surface area (Å²) >= 11 is 0. The first-order chi connectivity index (χ1) is 4.20. The highest BCUT2D eigenvalue weighted by atomic mass is 16.7. The van der Waals surface area contributed by atoms with Crippen molar-refractivity contribution in [3.8, 4) is 0 Å².